The maximum absolute atomic E-state index is 5.91. The average Bonchev–Trinajstić information content (AvgIpc) is 2.74. The van der Waals surface area contributed by atoms with Crippen LogP contribution in [0.3, 0.4) is 0 Å². The molecule has 1 heterocycles. The maximum atomic E-state index is 5.91. The highest BCUT2D eigenvalue weighted by Crippen LogP contribution is 2.34. The van der Waals surface area contributed by atoms with Crippen molar-refractivity contribution in [3.05, 3.63) is 79.0 Å². The van der Waals surface area contributed by atoms with Gasteiger partial charge in [-0.15, -0.1) is 0 Å². The molecule has 4 nitrogen and oxygen atoms in total. The van der Waals surface area contributed by atoms with E-state index >= 15 is 0 Å². The van der Waals surface area contributed by atoms with Gasteiger partial charge < -0.3 is 15.8 Å². The summed E-state index contributed by atoms with van der Waals surface area (Å²) in [5, 5.41) is 5.59. The standard InChI is InChI=1S/C25H25N3O/c1-2-3-15-29-21-10-4-7-18(16-21)22-11-6-12-24-23(22)13-14-27-25(24)28-20-9-5-8-19(26)17-20/h4-14,16-17H,2-3,15,26H2,1H3,(H,27,28). The van der Waals surface area contributed by atoms with Crippen molar-refractivity contribution in [2.24, 2.45) is 0 Å². The molecule has 4 aromatic rings. The van der Waals surface area contributed by atoms with Crippen LogP contribution in [-0.2, 0) is 0 Å². The lowest BCUT2D eigenvalue weighted by Crippen LogP contribution is -1.97. The summed E-state index contributed by atoms with van der Waals surface area (Å²) in [6.45, 7) is 2.91. The molecule has 4 rings (SSSR count). The summed E-state index contributed by atoms with van der Waals surface area (Å²) >= 11 is 0. The minimum Gasteiger partial charge on any atom is -0.494 e. The lowest BCUT2D eigenvalue weighted by molar-refractivity contribution is 0.309. The minimum absolute atomic E-state index is 0.718. The number of rotatable bonds is 7. The topological polar surface area (TPSA) is 60.2 Å². The Morgan fingerprint density at radius 2 is 1.79 bits per heavy atom. The fourth-order valence-corrected chi connectivity index (χ4v) is 3.40. The smallest absolute Gasteiger partial charge is 0.138 e. The highest BCUT2D eigenvalue weighted by molar-refractivity contribution is 6.02. The number of hydrogen-bond acceptors (Lipinski definition) is 4. The number of anilines is 3. The Labute approximate surface area is 171 Å². The predicted molar refractivity (Wildman–Crippen MR) is 122 cm³/mol. The summed E-state index contributed by atoms with van der Waals surface area (Å²) in [7, 11) is 0. The van der Waals surface area contributed by atoms with Gasteiger partial charge in [0.2, 0.25) is 0 Å². The molecule has 0 unspecified atom stereocenters. The molecule has 3 aromatic carbocycles. The Hall–Kier alpha value is -3.53. The van der Waals surface area contributed by atoms with E-state index in [-0.39, 0.29) is 0 Å². The first kappa shape index (κ1) is 18.8. The van der Waals surface area contributed by atoms with Gasteiger partial charge in [-0.05, 0) is 59.3 Å². The molecule has 1 aromatic heterocycles. The number of benzene rings is 3. The van der Waals surface area contributed by atoms with E-state index in [9.17, 15) is 0 Å². The van der Waals surface area contributed by atoms with Crippen molar-refractivity contribution in [2.75, 3.05) is 17.7 Å². The molecular formula is C25H25N3O. The van der Waals surface area contributed by atoms with Crippen molar-refractivity contribution in [1.82, 2.24) is 4.98 Å². The number of pyridine rings is 1. The monoisotopic (exact) mass is 383 g/mol. The van der Waals surface area contributed by atoms with E-state index in [0.29, 0.717) is 0 Å². The molecule has 0 saturated heterocycles. The third-order valence-electron chi connectivity index (χ3n) is 4.87. The summed E-state index contributed by atoms with van der Waals surface area (Å²) in [6, 6.07) is 24.3. The van der Waals surface area contributed by atoms with Crippen LogP contribution in [0.2, 0.25) is 0 Å². The van der Waals surface area contributed by atoms with Crippen LogP contribution in [0.4, 0.5) is 17.2 Å². The number of hydrogen-bond donors (Lipinski definition) is 2. The fraction of sp³-hybridized carbons (Fsp3) is 0.160. The van der Waals surface area contributed by atoms with E-state index in [1.807, 2.05) is 42.6 Å². The first-order valence-corrected chi connectivity index (χ1v) is 9.98. The van der Waals surface area contributed by atoms with Gasteiger partial charge in [-0.1, -0.05) is 49.7 Å². The van der Waals surface area contributed by atoms with Crippen LogP contribution >= 0.6 is 0 Å². The zero-order valence-corrected chi connectivity index (χ0v) is 16.6. The van der Waals surface area contributed by atoms with Crippen molar-refractivity contribution in [3.63, 3.8) is 0 Å². The van der Waals surface area contributed by atoms with Gasteiger partial charge in [0.05, 0.1) is 6.61 Å². The summed E-state index contributed by atoms with van der Waals surface area (Å²) < 4.78 is 5.90. The Morgan fingerprint density at radius 1 is 0.931 bits per heavy atom. The van der Waals surface area contributed by atoms with Crippen LogP contribution < -0.4 is 15.8 Å². The van der Waals surface area contributed by atoms with Gasteiger partial charge in [0.25, 0.3) is 0 Å². The van der Waals surface area contributed by atoms with Gasteiger partial charge in [0, 0.05) is 23.0 Å². The van der Waals surface area contributed by atoms with Crippen LogP contribution in [0, 0.1) is 0 Å². The molecule has 0 saturated carbocycles. The summed E-state index contributed by atoms with van der Waals surface area (Å²) in [6.07, 6.45) is 4.02. The Kier molecular flexibility index (Phi) is 5.61. The molecule has 146 valence electrons. The van der Waals surface area contributed by atoms with E-state index in [1.165, 1.54) is 0 Å². The maximum Gasteiger partial charge on any atom is 0.138 e. The molecule has 0 bridgehead atoms. The first-order valence-electron chi connectivity index (χ1n) is 9.98. The van der Waals surface area contributed by atoms with Crippen LogP contribution in [-0.4, -0.2) is 11.6 Å². The molecule has 0 aliphatic carbocycles. The van der Waals surface area contributed by atoms with E-state index < -0.39 is 0 Å². The SMILES string of the molecule is CCCCOc1cccc(-c2cccc3c(Nc4cccc(N)c4)nccc23)c1. The molecule has 0 atom stereocenters. The number of unbranched alkanes of at least 4 members (excludes halogenated alkanes) is 1. The Balaban J connectivity index is 1.71. The number of nitrogens with one attached hydrogen (secondary N) is 1. The van der Waals surface area contributed by atoms with Crippen LogP contribution in [0.5, 0.6) is 5.75 Å². The van der Waals surface area contributed by atoms with Crippen LogP contribution in [0.15, 0.2) is 79.0 Å². The van der Waals surface area contributed by atoms with Gasteiger partial charge in [-0.3, -0.25) is 0 Å². The highest BCUT2D eigenvalue weighted by Gasteiger charge is 2.09. The van der Waals surface area contributed by atoms with Crippen LogP contribution in [0.25, 0.3) is 21.9 Å². The molecule has 29 heavy (non-hydrogen) atoms. The molecule has 3 N–H and O–H groups in total. The second-order valence-corrected chi connectivity index (χ2v) is 7.04. The second kappa shape index (κ2) is 8.65. The summed E-state index contributed by atoms with van der Waals surface area (Å²) in [5.41, 5.74) is 9.83. The molecule has 0 aliphatic heterocycles. The molecule has 0 amide bonds. The fourth-order valence-electron chi connectivity index (χ4n) is 3.40. The molecule has 0 radical (unpaired) electrons. The molecule has 0 fully saturated rings. The molecular weight excluding hydrogens is 358 g/mol. The third-order valence-corrected chi connectivity index (χ3v) is 4.87. The number of aromatic nitrogens is 1. The third kappa shape index (κ3) is 4.32. The van der Waals surface area contributed by atoms with Crippen LogP contribution in [0.1, 0.15) is 19.8 Å². The van der Waals surface area contributed by atoms with Crippen molar-refractivity contribution < 1.29 is 4.74 Å². The Bertz CT molecular complexity index is 1120. The van der Waals surface area contributed by atoms with E-state index in [4.69, 9.17) is 10.5 Å². The molecule has 0 aliphatic rings. The van der Waals surface area contributed by atoms with Crippen molar-refractivity contribution in [1.29, 1.82) is 0 Å². The number of ether oxygens (including phenoxy) is 1. The quantitative estimate of drug-likeness (QED) is 0.286. The lowest BCUT2D eigenvalue weighted by atomic mass is 9.99. The predicted octanol–water partition coefficient (Wildman–Crippen LogP) is 6.41. The van der Waals surface area contributed by atoms with Gasteiger partial charge >= 0.3 is 0 Å². The average molecular weight is 383 g/mol. The number of nitrogens with zero attached hydrogens (tertiary/aromatic N) is 1. The zero-order chi connectivity index (χ0) is 20.1. The molecule has 0 spiro atoms. The van der Waals surface area contributed by atoms with E-state index in [1.54, 1.807) is 0 Å². The van der Waals surface area contributed by atoms with Gasteiger partial charge in [-0.25, -0.2) is 4.98 Å². The number of nitrogens with two attached hydrogens (primary N) is 1. The zero-order valence-electron chi connectivity index (χ0n) is 16.6. The summed E-state index contributed by atoms with van der Waals surface area (Å²) in [4.78, 5) is 4.56. The first-order chi connectivity index (χ1) is 14.2. The number of nitrogen functional groups attached to an aromatic ring is 1. The van der Waals surface area contributed by atoms with Crippen molar-refractivity contribution in [2.45, 2.75) is 19.8 Å². The lowest BCUT2D eigenvalue weighted by Gasteiger charge is -2.13. The minimum atomic E-state index is 0.718. The summed E-state index contributed by atoms with van der Waals surface area (Å²) in [5.74, 6) is 1.71. The van der Waals surface area contributed by atoms with Gasteiger partial charge in [0.15, 0.2) is 0 Å². The number of fused-ring (bicyclic) bond motifs is 1. The van der Waals surface area contributed by atoms with E-state index in [2.05, 4.69) is 53.6 Å². The van der Waals surface area contributed by atoms with Gasteiger partial charge in [-0.2, -0.15) is 0 Å². The van der Waals surface area contributed by atoms with Crippen molar-refractivity contribution >= 4 is 28.0 Å². The highest BCUT2D eigenvalue weighted by atomic mass is 16.5. The largest absolute Gasteiger partial charge is 0.494 e. The molecule has 4 heteroatoms. The van der Waals surface area contributed by atoms with Gasteiger partial charge in [0.1, 0.15) is 11.6 Å². The van der Waals surface area contributed by atoms with E-state index in [0.717, 1.165) is 64.3 Å². The van der Waals surface area contributed by atoms with Crippen molar-refractivity contribution in [3.8, 4) is 16.9 Å². The Morgan fingerprint density at radius 3 is 2.66 bits per heavy atom. The second-order valence-electron chi connectivity index (χ2n) is 7.04. The normalized spacial score (nSPS) is 10.8.